The maximum Gasteiger partial charge on any atom is 0.211 e. The van der Waals surface area contributed by atoms with Crippen LogP contribution in [0.4, 0.5) is 0 Å². The van der Waals surface area contributed by atoms with Gasteiger partial charge >= 0.3 is 0 Å². The summed E-state index contributed by atoms with van der Waals surface area (Å²) in [5.74, 6) is -0.0627. The molecule has 6 heteroatoms. The Kier molecular flexibility index (Phi) is 7.77. The van der Waals surface area contributed by atoms with Crippen molar-refractivity contribution in [2.45, 2.75) is 26.7 Å². The van der Waals surface area contributed by atoms with E-state index in [0.29, 0.717) is 6.42 Å². The van der Waals surface area contributed by atoms with Crippen LogP contribution in [0.3, 0.4) is 0 Å². The number of nitrogens with zero attached hydrogens (tertiary/aromatic N) is 3. The predicted molar refractivity (Wildman–Crippen MR) is 60.2 cm³/mol. The average Bonchev–Trinajstić information content (AvgIpc) is 2.00. The van der Waals surface area contributed by atoms with Gasteiger partial charge in [0.1, 0.15) is 0 Å². The highest BCUT2D eigenvalue weighted by Crippen LogP contribution is 2.18. The van der Waals surface area contributed by atoms with Crippen LogP contribution >= 0.6 is 12.4 Å². The molecule has 0 aliphatic heterocycles. The second-order valence-corrected chi connectivity index (χ2v) is 3.42. The molecule has 0 aromatic carbocycles. The third-order valence-corrected chi connectivity index (χ3v) is 1.46. The fourth-order valence-corrected chi connectivity index (χ4v) is 0.694. The van der Waals surface area contributed by atoms with Gasteiger partial charge in [0, 0.05) is 18.1 Å². The zero-order chi connectivity index (χ0) is 10.3. The molecule has 0 aromatic rings. The molecular formula is C8H16ClN5. The molecule has 0 amide bonds. The zero-order valence-corrected chi connectivity index (χ0v) is 9.21. The summed E-state index contributed by atoms with van der Waals surface area (Å²) in [4.78, 5) is 0. The molecule has 5 nitrogen and oxygen atoms in total. The lowest BCUT2D eigenvalue weighted by molar-refractivity contribution is 0.494. The van der Waals surface area contributed by atoms with Gasteiger partial charge in [0.15, 0.2) is 0 Å². The minimum Gasteiger partial charge on any atom is -0.369 e. The van der Waals surface area contributed by atoms with Crippen LogP contribution in [0.5, 0.6) is 0 Å². The average molecular weight is 218 g/mol. The molecule has 4 N–H and O–H groups in total. The Morgan fingerprint density at radius 1 is 1.50 bits per heavy atom. The molecule has 0 spiro atoms. The lowest BCUT2D eigenvalue weighted by Crippen LogP contribution is -2.22. The monoisotopic (exact) mass is 217 g/mol. The molecule has 0 rings (SSSR count). The van der Waals surface area contributed by atoms with Gasteiger partial charge in [-0.25, -0.2) is 0 Å². The van der Waals surface area contributed by atoms with Gasteiger partial charge in [-0.3, -0.25) is 0 Å². The first kappa shape index (κ1) is 15.2. The summed E-state index contributed by atoms with van der Waals surface area (Å²) in [6, 6.07) is 2.08. The molecule has 0 saturated carbocycles. The van der Waals surface area contributed by atoms with Gasteiger partial charge in [-0.2, -0.15) is 10.4 Å². The molecule has 0 aromatic heterocycles. The van der Waals surface area contributed by atoms with Gasteiger partial charge in [-0.1, -0.05) is 13.8 Å². The van der Waals surface area contributed by atoms with Crippen molar-refractivity contribution >= 4 is 24.6 Å². The Balaban J connectivity index is 0. The lowest BCUT2D eigenvalue weighted by Gasteiger charge is -2.15. The summed E-state index contributed by atoms with van der Waals surface area (Å²) in [6.07, 6.45) is 2.89. The number of hydrogen-bond donors (Lipinski definition) is 2. The Labute approximate surface area is 90.3 Å². The summed E-state index contributed by atoms with van der Waals surface area (Å²) < 4.78 is 0. The van der Waals surface area contributed by atoms with Crippen molar-refractivity contribution in [2.24, 2.45) is 27.1 Å². The number of guanidine groups is 1. The van der Waals surface area contributed by atoms with E-state index in [2.05, 4.69) is 16.3 Å². The highest BCUT2D eigenvalue weighted by atomic mass is 35.5. The summed E-state index contributed by atoms with van der Waals surface area (Å²) in [6.45, 7) is 3.94. The molecule has 80 valence electrons. The van der Waals surface area contributed by atoms with E-state index in [4.69, 9.17) is 16.7 Å². The number of nitrogens with two attached hydrogens (primary N) is 2. The molecule has 0 fully saturated rings. The standard InChI is InChI=1S/C8H15N5.ClH/c1-8(2,4-3-5-9)6-12-13-7(10)11;/h6H,3-4H2,1-2H3,(H4,10,11,13);1H/b12-6+;. The van der Waals surface area contributed by atoms with Crippen molar-refractivity contribution in [3.05, 3.63) is 0 Å². The topological polar surface area (TPSA) is 101 Å². The molecular weight excluding hydrogens is 202 g/mol. The van der Waals surface area contributed by atoms with Gasteiger partial charge in [0.25, 0.3) is 0 Å². The van der Waals surface area contributed by atoms with Crippen LogP contribution in [0.15, 0.2) is 10.2 Å². The van der Waals surface area contributed by atoms with Crippen molar-refractivity contribution in [3.63, 3.8) is 0 Å². The number of nitriles is 1. The summed E-state index contributed by atoms with van der Waals surface area (Å²) in [7, 11) is 0. The SMILES string of the molecule is CC(C)(/C=N/N=C(N)N)CCC#N.Cl. The maximum atomic E-state index is 8.38. The Morgan fingerprint density at radius 3 is 2.50 bits per heavy atom. The van der Waals surface area contributed by atoms with Crippen LogP contribution in [0.2, 0.25) is 0 Å². The van der Waals surface area contributed by atoms with E-state index in [0.717, 1.165) is 6.42 Å². The Hall–Kier alpha value is -1.28. The van der Waals surface area contributed by atoms with E-state index in [1.165, 1.54) is 0 Å². The molecule has 0 aliphatic rings. The first-order valence-electron chi connectivity index (χ1n) is 3.98. The normalized spacial score (nSPS) is 10.4. The van der Waals surface area contributed by atoms with Crippen molar-refractivity contribution in [1.82, 2.24) is 0 Å². The third-order valence-electron chi connectivity index (χ3n) is 1.46. The lowest BCUT2D eigenvalue weighted by atomic mass is 9.90. The molecule has 0 aliphatic carbocycles. The van der Waals surface area contributed by atoms with E-state index < -0.39 is 0 Å². The van der Waals surface area contributed by atoms with Crippen LogP contribution in [0.1, 0.15) is 26.7 Å². The van der Waals surface area contributed by atoms with Crippen LogP contribution in [-0.2, 0) is 0 Å². The quantitative estimate of drug-likeness (QED) is 0.417. The first-order valence-corrected chi connectivity index (χ1v) is 3.98. The molecule has 14 heavy (non-hydrogen) atoms. The minimum absolute atomic E-state index is 0. The fourth-order valence-electron chi connectivity index (χ4n) is 0.694. The van der Waals surface area contributed by atoms with Crippen molar-refractivity contribution in [2.75, 3.05) is 0 Å². The molecule has 0 atom stereocenters. The van der Waals surface area contributed by atoms with Gasteiger partial charge in [0.05, 0.1) is 6.07 Å². The van der Waals surface area contributed by atoms with Crippen LogP contribution in [-0.4, -0.2) is 12.2 Å². The summed E-state index contributed by atoms with van der Waals surface area (Å²) in [5.41, 5.74) is 10.0. The predicted octanol–water partition coefficient (Wildman–Crippen LogP) is 0.997. The Morgan fingerprint density at radius 2 is 2.07 bits per heavy atom. The summed E-state index contributed by atoms with van der Waals surface area (Å²) >= 11 is 0. The Bertz CT molecular complexity index is 247. The highest BCUT2D eigenvalue weighted by molar-refractivity contribution is 5.85. The maximum absolute atomic E-state index is 8.38. The van der Waals surface area contributed by atoms with Gasteiger partial charge < -0.3 is 11.5 Å². The molecule has 0 heterocycles. The van der Waals surface area contributed by atoms with Crippen molar-refractivity contribution in [1.29, 1.82) is 5.26 Å². The van der Waals surface area contributed by atoms with E-state index in [9.17, 15) is 0 Å². The third kappa shape index (κ3) is 8.81. The smallest absolute Gasteiger partial charge is 0.211 e. The van der Waals surface area contributed by atoms with Crippen molar-refractivity contribution in [3.8, 4) is 6.07 Å². The molecule has 0 saturated heterocycles. The van der Waals surface area contributed by atoms with E-state index in [1.807, 2.05) is 13.8 Å². The second kappa shape index (κ2) is 7.15. The summed E-state index contributed by atoms with van der Waals surface area (Å²) in [5, 5.41) is 15.6. The number of halogens is 1. The molecule has 0 unspecified atom stereocenters. The van der Waals surface area contributed by atoms with E-state index in [1.54, 1.807) is 6.21 Å². The van der Waals surface area contributed by atoms with E-state index in [-0.39, 0.29) is 23.8 Å². The van der Waals surface area contributed by atoms with Crippen LogP contribution in [0.25, 0.3) is 0 Å². The zero-order valence-electron chi connectivity index (χ0n) is 8.40. The molecule has 0 bridgehead atoms. The second-order valence-electron chi connectivity index (χ2n) is 3.42. The van der Waals surface area contributed by atoms with Crippen LogP contribution < -0.4 is 11.5 Å². The van der Waals surface area contributed by atoms with Crippen LogP contribution in [0, 0.1) is 16.7 Å². The first-order chi connectivity index (χ1) is 5.98. The van der Waals surface area contributed by atoms with Gasteiger partial charge in [0.2, 0.25) is 5.96 Å². The van der Waals surface area contributed by atoms with Gasteiger partial charge in [-0.15, -0.1) is 17.5 Å². The molecule has 0 radical (unpaired) electrons. The fraction of sp³-hybridized carbons (Fsp3) is 0.625. The van der Waals surface area contributed by atoms with Gasteiger partial charge in [-0.05, 0) is 6.42 Å². The van der Waals surface area contributed by atoms with Crippen molar-refractivity contribution < 1.29 is 0 Å². The van der Waals surface area contributed by atoms with E-state index >= 15 is 0 Å². The highest BCUT2D eigenvalue weighted by Gasteiger charge is 2.13. The number of hydrogen-bond acceptors (Lipinski definition) is 3. The minimum atomic E-state index is -0.144. The number of rotatable bonds is 4. The largest absolute Gasteiger partial charge is 0.369 e.